The van der Waals surface area contributed by atoms with E-state index in [2.05, 4.69) is 10.6 Å². The average molecular weight is 396 g/mol. The highest BCUT2D eigenvalue weighted by Crippen LogP contribution is 2.45. The topological polar surface area (TPSA) is 58.2 Å². The number of carbonyl (C=O) groups is 2. The Balaban J connectivity index is 1.77. The van der Waals surface area contributed by atoms with Gasteiger partial charge in [0.1, 0.15) is 5.82 Å². The molecule has 0 spiro atoms. The third-order valence-electron chi connectivity index (χ3n) is 5.29. The molecule has 0 fully saturated rings. The van der Waals surface area contributed by atoms with Crippen LogP contribution in [0.1, 0.15) is 42.5 Å². The largest absolute Gasteiger partial charge is 0.362 e. The maximum absolute atomic E-state index is 13.2. The number of anilines is 1. The van der Waals surface area contributed by atoms with E-state index < -0.39 is 0 Å². The highest BCUT2D eigenvalue weighted by molar-refractivity contribution is 7.10. The minimum atomic E-state index is -0.371. The minimum absolute atomic E-state index is 0.103. The number of hydrogen-bond acceptors (Lipinski definition) is 4. The van der Waals surface area contributed by atoms with Crippen molar-refractivity contribution < 1.29 is 14.0 Å². The van der Waals surface area contributed by atoms with E-state index in [9.17, 15) is 14.0 Å². The van der Waals surface area contributed by atoms with Gasteiger partial charge in [0.05, 0.1) is 5.92 Å². The van der Waals surface area contributed by atoms with Crippen LogP contribution in [0, 0.1) is 12.7 Å². The summed E-state index contributed by atoms with van der Waals surface area (Å²) in [5.74, 6) is -0.905. The van der Waals surface area contributed by atoms with Crippen LogP contribution in [0.2, 0.25) is 0 Å². The molecule has 0 saturated heterocycles. The van der Waals surface area contributed by atoms with E-state index in [1.807, 2.05) is 25.3 Å². The normalized spacial score (nSPS) is 19.4. The lowest BCUT2D eigenvalue weighted by Crippen LogP contribution is -2.35. The van der Waals surface area contributed by atoms with Crippen molar-refractivity contribution in [3.8, 4) is 0 Å². The van der Waals surface area contributed by atoms with Gasteiger partial charge in [-0.15, -0.1) is 11.3 Å². The lowest BCUT2D eigenvalue weighted by Gasteiger charge is -2.34. The maximum atomic E-state index is 13.2. The lowest BCUT2D eigenvalue weighted by molar-refractivity contribution is -0.116. The number of halogens is 1. The first-order valence-electron chi connectivity index (χ1n) is 9.30. The van der Waals surface area contributed by atoms with E-state index in [1.165, 1.54) is 24.3 Å². The summed E-state index contributed by atoms with van der Waals surface area (Å²) in [5, 5.41) is 8.16. The fourth-order valence-corrected chi connectivity index (χ4v) is 5.00. The standard InChI is InChI=1S/C22H21FN2O2S/c1-12-10-11-28-21(12)20-18(22(27)25-15-8-6-14(23)7-9-15)13(2)24-16-4-3-5-17(26)19(16)20/h6-11,20,24H,3-5H2,1-2H3,(H,25,27)/t20-/m1/s1. The van der Waals surface area contributed by atoms with Crippen LogP contribution < -0.4 is 10.6 Å². The first kappa shape index (κ1) is 18.6. The Morgan fingerprint density at radius 2 is 1.93 bits per heavy atom. The van der Waals surface area contributed by atoms with Gasteiger partial charge in [-0.1, -0.05) is 0 Å². The van der Waals surface area contributed by atoms with E-state index in [0.29, 0.717) is 23.3 Å². The molecule has 28 heavy (non-hydrogen) atoms. The second-order valence-corrected chi connectivity index (χ2v) is 8.14. The molecule has 4 rings (SSSR count). The molecule has 1 aromatic carbocycles. The van der Waals surface area contributed by atoms with Crippen molar-refractivity contribution in [3.63, 3.8) is 0 Å². The van der Waals surface area contributed by atoms with Crippen molar-refractivity contribution in [2.24, 2.45) is 0 Å². The third kappa shape index (κ3) is 3.29. The summed E-state index contributed by atoms with van der Waals surface area (Å²) in [6, 6.07) is 7.69. The van der Waals surface area contributed by atoms with Crippen LogP contribution in [0.4, 0.5) is 10.1 Å². The van der Waals surface area contributed by atoms with Gasteiger partial charge in [-0.05, 0) is 68.0 Å². The molecule has 2 heterocycles. The smallest absolute Gasteiger partial charge is 0.254 e. The predicted octanol–water partition coefficient (Wildman–Crippen LogP) is 4.80. The van der Waals surface area contributed by atoms with Crippen molar-refractivity contribution in [1.82, 2.24) is 5.32 Å². The molecular formula is C22H21FN2O2S. The summed E-state index contributed by atoms with van der Waals surface area (Å²) < 4.78 is 13.2. The summed E-state index contributed by atoms with van der Waals surface area (Å²) >= 11 is 1.57. The number of Topliss-reactive ketones (excluding diaryl/α,β-unsaturated/α-hetero) is 1. The number of nitrogens with one attached hydrogen (secondary N) is 2. The van der Waals surface area contributed by atoms with E-state index >= 15 is 0 Å². The molecule has 144 valence electrons. The van der Waals surface area contributed by atoms with Crippen LogP contribution >= 0.6 is 11.3 Å². The van der Waals surface area contributed by atoms with Crippen LogP contribution in [-0.2, 0) is 9.59 Å². The quantitative estimate of drug-likeness (QED) is 0.783. The molecule has 2 aromatic rings. The second kappa shape index (κ2) is 7.36. The molecule has 1 aliphatic carbocycles. The summed E-state index contributed by atoms with van der Waals surface area (Å²) in [5.41, 5.74) is 4.54. The number of amides is 1. The van der Waals surface area contributed by atoms with Crippen molar-refractivity contribution in [2.75, 3.05) is 5.32 Å². The van der Waals surface area contributed by atoms with Gasteiger partial charge in [0, 0.05) is 39.5 Å². The van der Waals surface area contributed by atoms with Crippen molar-refractivity contribution in [2.45, 2.75) is 39.0 Å². The molecular weight excluding hydrogens is 375 g/mol. The number of rotatable bonds is 3. The van der Waals surface area contributed by atoms with Gasteiger partial charge >= 0.3 is 0 Å². The summed E-state index contributed by atoms with van der Waals surface area (Å²) in [6.45, 7) is 3.88. The Morgan fingerprint density at radius 3 is 2.61 bits per heavy atom. The van der Waals surface area contributed by atoms with E-state index in [-0.39, 0.29) is 23.4 Å². The van der Waals surface area contributed by atoms with Gasteiger partial charge < -0.3 is 10.6 Å². The summed E-state index contributed by atoms with van der Waals surface area (Å²) in [4.78, 5) is 27.1. The highest BCUT2D eigenvalue weighted by atomic mass is 32.1. The van der Waals surface area contributed by atoms with Crippen molar-refractivity contribution in [3.05, 3.63) is 74.5 Å². The molecule has 2 N–H and O–H groups in total. The number of ketones is 1. The van der Waals surface area contributed by atoms with E-state index in [1.54, 1.807) is 11.3 Å². The number of allylic oxidation sites excluding steroid dienone is 3. The number of thiophene rings is 1. The Bertz CT molecular complexity index is 1020. The van der Waals surface area contributed by atoms with Gasteiger partial charge in [0.15, 0.2) is 5.78 Å². The zero-order chi connectivity index (χ0) is 19.8. The van der Waals surface area contributed by atoms with Crippen LogP contribution in [0.3, 0.4) is 0 Å². The molecule has 0 radical (unpaired) electrons. The maximum Gasteiger partial charge on any atom is 0.254 e. The molecule has 0 unspecified atom stereocenters. The second-order valence-electron chi connectivity index (χ2n) is 7.19. The van der Waals surface area contributed by atoms with E-state index in [0.717, 1.165) is 34.7 Å². The SMILES string of the molecule is CC1=C(C(=O)Nc2ccc(F)cc2)[C@@H](c2sccc2C)C2=C(CCCC2=O)N1. The molecule has 1 aliphatic heterocycles. The van der Waals surface area contributed by atoms with Gasteiger partial charge in [-0.3, -0.25) is 9.59 Å². The molecule has 1 amide bonds. The Hall–Kier alpha value is -2.73. The lowest BCUT2D eigenvalue weighted by atomic mass is 9.77. The number of aryl methyl sites for hydroxylation is 1. The Labute approximate surface area is 167 Å². The molecule has 1 atom stereocenters. The monoisotopic (exact) mass is 396 g/mol. The van der Waals surface area contributed by atoms with Crippen LogP contribution in [0.5, 0.6) is 0 Å². The number of dihydropyridines is 1. The molecule has 0 bridgehead atoms. The zero-order valence-electron chi connectivity index (χ0n) is 15.8. The molecule has 0 saturated carbocycles. The molecule has 4 nitrogen and oxygen atoms in total. The van der Waals surface area contributed by atoms with Gasteiger partial charge in [-0.2, -0.15) is 0 Å². The van der Waals surface area contributed by atoms with Gasteiger partial charge in [0.25, 0.3) is 5.91 Å². The average Bonchev–Trinajstić information content (AvgIpc) is 3.08. The number of carbonyl (C=O) groups excluding carboxylic acids is 2. The fraction of sp³-hybridized carbons (Fsp3) is 0.273. The Morgan fingerprint density at radius 1 is 1.18 bits per heavy atom. The van der Waals surface area contributed by atoms with Crippen molar-refractivity contribution >= 4 is 28.7 Å². The summed E-state index contributed by atoms with van der Waals surface area (Å²) in [6.07, 6.45) is 2.14. The van der Waals surface area contributed by atoms with Crippen LogP contribution in [0.15, 0.2) is 58.3 Å². The summed E-state index contributed by atoms with van der Waals surface area (Å²) in [7, 11) is 0. The zero-order valence-corrected chi connectivity index (χ0v) is 16.6. The van der Waals surface area contributed by atoms with Gasteiger partial charge in [-0.25, -0.2) is 4.39 Å². The molecule has 1 aromatic heterocycles. The molecule has 6 heteroatoms. The van der Waals surface area contributed by atoms with Gasteiger partial charge in [0.2, 0.25) is 0 Å². The van der Waals surface area contributed by atoms with Crippen molar-refractivity contribution in [1.29, 1.82) is 0 Å². The first-order valence-corrected chi connectivity index (χ1v) is 10.2. The number of benzene rings is 1. The van der Waals surface area contributed by atoms with E-state index in [4.69, 9.17) is 0 Å². The first-order chi connectivity index (χ1) is 13.5. The number of hydrogen-bond donors (Lipinski definition) is 2. The highest BCUT2D eigenvalue weighted by Gasteiger charge is 2.39. The minimum Gasteiger partial charge on any atom is -0.362 e. The van der Waals surface area contributed by atoms with Crippen LogP contribution in [0.25, 0.3) is 0 Å². The fourth-order valence-electron chi connectivity index (χ4n) is 3.96. The third-order valence-corrected chi connectivity index (χ3v) is 6.37. The predicted molar refractivity (Wildman–Crippen MR) is 109 cm³/mol. The molecule has 2 aliphatic rings. The Kier molecular flexibility index (Phi) is 4.89. The van der Waals surface area contributed by atoms with Crippen LogP contribution in [-0.4, -0.2) is 11.7 Å².